The number of hydrogen-bond acceptors (Lipinski definition) is 5. The summed E-state index contributed by atoms with van der Waals surface area (Å²) in [6, 6.07) is 20.8. The highest BCUT2D eigenvalue weighted by molar-refractivity contribution is 7.99. The summed E-state index contributed by atoms with van der Waals surface area (Å²) in [6.45, 7) is 2.49. The molecule has 0 saturated heterocycles. The lowest BCUT2D eigenvalue weighted by atomic mass is 10.0. The fraction of sp³-hybridized carbons (Fsp3) is 0.154. The first-order chi connectivity index (χ1) is 16.5. The zero-order valence-corrected chi connectivity index (χ0v) is 20.0. The van der Waals surface area contributed by atoms with Gasteiger partial charge in [-0.2, -0.15) is 0 Å². The molecule has 172 valence electrons. The van der Waals surface area contributed by atoms with E-state index in [9.17, 15) is 14.4 Å². The fourth-order valence-corrected chi connectivity index (χ4v) is 4.55. The molecule has 0 unspecified atom stereocenters. The zero-order chi connectivity index (χ0) is 24.1. The Labute approximate surface area is 206 Å². The molecule has 1 aromatic heterocycles. The average molecular weight is 492 g/mol. The van der Waals surface area contributed by atoms with Crippen LogP contribution in [0.25, 0.3) is 10.9 Å². The van der Waals surface area contributed by atoms with Gasteiger partial charge in [0.1, 0.15) is 0 Å². The van der Waals surface area contributed by atoms with Crippen molar-refractivity contribution in [3.05, 3.63) is 99.3 Å². The first kappa shape index (κ1) is 23.7. The van der Waals surface area contributed by atoms with Gasteiger partial charge < -0.3 is 5.32 Å². The SMILES string of the molecule is CCCn1c(SCC(=O)Nc2ccc(Cl)cc2C(=O)c2ccccc2)nc2ccccc2c1=O. The lowest BCUT2D eigenvalue weighted by molar-refractivity contribution is -0.113. The Bertz CT molecular complexity index is 1420. The average Bonchev–Trinajstić information content (AvgIpc) is 2.86. The number of thioether (sulfide) groups is 1. The molecular weight excluding hydrogens is 470 g/mol. The van der Waals surface area contributed by atoms with Crippen molar-refractivity contribution >= 4 is 51.6 Å². The summed E-state index contributed by atoms with van der Waals surface area (Å²) in [5, 5.41) is 4.24. The highest BCUT2D eigenvalue weighted by Gasteiger charge is 2.17. The van der Waals surface area contributed by atoms with E-state index in [-0.39, 0.29) is 23.0 Å². The maximum Gasteiger partial charge on any atom is 0.262 e. The summed E-state index contributed by atoms with van der Waals surface area (Å²) in [6.07, 6.45) is 0.759. The highest BCUT2D eigenvalue weighted by Crippen LogP contribution is 2.25. The van der Waals surface area contributed by atoms with Gasteiger partial charge in [-0.1, -0.05) is 72.8 Å². The normalized spacial score (nSPS) is 10.9. The number of aromatic nitrogens is 2. The van der Waals surface area contributed by atoms with E-state index in [0.717, 1.165) is 6.42 Å². The van der Waals surface area contributed by atoms with Crippen LogP contribution in [0.5, 0.6) is 0 Å². The number of halogens is 1. The predicted octanol–water partition coefficient (Wildman–Crippen LogP) is 5.42. The van der Waals surface area contributed by atoms with E-state index in [0.29, 0.717) is 44.4 Å². The molecule has 8 heteroatoms. The minimum absolute atomic E-state index is 0.0239. The molecule has 1 amide bonds. The molecule has 0 aliphatic rings. The molecular formula is C26H22ClN3O3S. The van der Waals surface area contributed by atoms with E-state index in [1.165, 1.54) is 11.8 Å². The van der Waals surface area contributed by atoms with Crippen LogP contribution < -0.4 is 10.9 Å². The minimum atomic E-state index is -0.320. The lowest BCUT2D eigenvalue weighted by Gasteiger charge is -2.13. The van der Waals surface area contributed by atoms with E-state index >= 15 is 0 Å². The number of ketones is 1. The molecule has 3 aromatic carbocycles. The number of rotatable bonds is 8. The predicted molar refractivity (Wildman–Crippen MR) is 137 cm³/mol. The molecule has 34 heavy (non-hydrogen) atoms. The van der Waals surface area contributed by atoms with Crippen molar-refractivity contribution < 1.29 is 9.59 Å². The number of benzene rings is 3. The summed E-state index contributed by atoms with van der Waals surface area (Å²) in [5.41, 5.74) is 1.66. The Morgan fingerprint density at radius 1 is 1.03 bits per heavy atom. The van der Waals surface area contributed by atoms with Gasteiger partial charge in [-0.05, 0) is 36.8 Å². The molecule has 0 aliphatic carbocycles. The van der Waals surface area contributed by atoms with E-state index in [4.69, 9.17) is 11.6 Å². The molecule has 0 radical (unpaired) electrons. The third-order valence-corrected chi connectivity index (χ3v) is 6.35. The highest BCUT2D eigenvalue weighted by atomic mass is 35.5. The van der Waals surface area contributed by atoms with Crippen LogP contribution in [0.2, 0.25) is 5.02 Å². The number of anilines is 1. The van der Waals surface area contributed by atoms with Crippen molar-refractivity contribution in [3.8, 4) is 0 Å². The van der Waals surface area contributed by atoms with Crippen molar-refractivity contribution in [2.24, 2.45) is 0 Å². The van der Waals surface area contributed by atoms with Crippen LogP contribution in [-0.2, 0) is 11.3 Å². The maximum absolute atomic E-state index is 13.0. The number of amides is 1. The van der Waals surface area contributed by atoms with Crippen LogP contribution in [0.15, 0.2) is 82.7 Å². The third-order valence-electron chi connectivity index (χ3n) is 5.14. The summed E-state index contributed by atoms with van der Waals surface area (Å²) in [5.74, 6) is -0.533. The molecule has 0 fully saturated rings. The molecule has 0 bridgehead atoms. The molecule has 1 heterocycles. The van der Waals surface area contributed by atoms with Gasteiger partial charge in [-0.3, -0.25) is 19.0 Å². The van der Waals surface area contributed by atoms with Crippen LogP contribution in [-0.4, -0.2) is 27.0 Å². The molecule has 4 rings (SSSR count). The number of carbonyl (C=O) groups excluding carboxylic acids is 2. The van der Waals surface area contributed by atoms with E-state index in [1.807, 2.05) is 25.1 Å². The van der Waals surface area contributed by atoms with Gasteiger partial charge in [0.15, 0.2) is 10.9 Å². The van der Waals surface area contributed by atoms with E-state index in [1.54, 1.807) is 59.2 Å². The Kier molecular flexibility index (Phi) is 7.45. The van der Waals surface area contributed by atoms with Crippen molar-refractivity contribution in [2.75, 3.05) is 11.1 Å². The third kappa shape index (κ3) is 5.21. The molecule has 6 nitrogen and oxygen atoms in total. The monoisotopic (exact) mass is 491 g/mol. The molecule has 0 saturated carbocycles. The Balaban J connectivity index is 1.56. The lowest BCUT2D eigenvalue weighted by Crippen LogP contribution is -2.24. The van der Waals surface area contributed by atoms with Crippen LogP contribution in [0.1, 0.15) is 29.3 Å². The summed E-state index contributed by atoms with van der Waals surface area (Å²) >= 11 is 7.31. The fourth-order valence-electron chi connectivity index (χ4n) is 3.55. The molecule has 0 atom stereocenters. The quantitative estimate of drug-likeness (QED) is 0.202. The van der Waals surface area contributed by atoms with Gasteiger partial charge in [0, 0.05) is 22.7 Å². The number of hydrogen-bond donors (Lipinski definition) is 1. The summed E-state index contributed by atoms with van der Waals surface area (Å²) < 4.78 is 1.60. The number of nitrogens with zero attached hydrogens (tertiary/aromatic N) is 2. The number of carbonyl (C=O) groups is 2. The van der Waals surface area contributed by atoms with Crippen molar-refractivity contribution in [3.63, 3.8) is 0 Å². The van der Waals surface area contributed by atoms with Gasteiger partial charge in [-0.15, -0.1) is 0 Å². The molecule has 1 N–H and O–H groups in total. The van der Waals surface area contributed by atoms with Gasteiger partial charge in [0.05, 0.1) is 22.3 Å². The minimum Gasteiger partial charge on any atom is -0.325 e. The van der Waals surface area contributed by atoms with Crippen LogP contribution in [0.3, 0.4) is 0 Å². The smallest absolute Gasteiger partial charge is 0.262 e. The summed E-state index contributed by atoms with van der Waals surface area (Å²) in [4.78, 5) is 43.3. The van der Waals surface area contributed by atoms with Crippen LogP contribution >= 0.6 is 23.4 Å². The van der Waals surface area contributed by atoms with E-state index < -0.39 is 0 Å². The standard InChI is InChI=1S/C26H22ClN3O3S/c1-2-14-30-25(33)19-10-6-7-11-21(19)29-26(30)34-16-23(31)28-22-13-12-18(27)15-20(22)24(32)17-8-4-3-5-9-17/h3-13,15H,2,14,16H2,1H3,(H,28,31). The largest absolute Gasteiger partial charge is 0.325 e. The Morgan fingerprint density at radius 3 is 2.53 bits per heavy atom. The van der Waals surface area contributed by atoms with Gasteiger partial charge >= 0.3 is 0 Å². The first-order valence-corrected chi connectivity index (χ1v) is 12.2. The Morgan fingerprint density at radius 2 is 1.76 bits per heavy atom. The molecule has 0 spiro atoms. The molecule has 0 aliphatic heterocycles. The first-order valence-electron chi connectivity index (χ1n) is 10.8. The Hall–Kier alpha value is -3.42. The van der Waals surface area contributed by atoms with Crippen molar-refractivity contribution in [1.29, 1.82) is 0 Å². The molecule has 4 aromatic rings. The topological polar surface area (TPSA) is 81.1 Å². The second-order valence-electron chi connectivity index (χ2n) is 7.59. The number of para-hydroxylation sites is 1. The van der Waals surface area contributed by atoms with Crippen molar-refractivity contribution in [2.45, 2.75) is 25.0 Å². The summed E-state index contributed by atoms with van der Waals surface area (Å²) in [7, 11) is 0. The van der Waals surface area contributed by atoms with Crippen LogP contribution in [0, 0.1) is 0 Å². The maximum atomic E-state index is 13.0. The van der Waals surface area contributed by atoms with Gasteiger partial charge in [0.25, 0.3) is 5.56 Å². The van der Waals surface area contributed by atoms with Gasteiger partial charge in [0.2, 0.25) is 5.91 Å². The van der Waals surface area contributed by atoms with Crippen molar-refractivity contribution in [1.82, 2.24) is 9.55 Å². The second kappa shape index (κ2) is 10.7. The van der Waals surface area contributed by atoms with Gasteiger partial charge in [-0.25, -0.2) is 4.98 Å². The number of nitrogens with one attached hydrogen (secondary N) is 1. The zero-order valence-electron chi connectivity index (χ0n) is 18.5. The number of fused-ring (bicyclic) bond motifs is 1. The van der Waals surface area contributed by atoms with E-state index in [2.05, 4.69) is 10.3 Å². The second-order valence-corrected chi connectivity index (χ2v) is 8.97. The van der Waals surface area contributed by atoms with Crippen LogP contribution in [0.4, 0.5) is 5.69 Å².